The maximum Gasteiger partial charge on any atom is 0.440 e. The van der Waals surface area contributed by atoms with Gasteiger partial charge in [-0.05, 0) is 44.9 Å². The van der Waals surface area contributed by atoms with Crippen LogP contribution in [0.25, 0.3) is 11.1 Å². The zero-order chi connectivity index (χ0) is 15.8. The topological polar surface area (TPSA) is 67.9 Å². The molecule has 0 aromatic carbocycles. The first-order valence-corrected chi connectivity index (χ1v) is 7.00. The number of carbonyl (C=O) groups excluding carboxylic acids is 2. The molecule has 116 valence electrons. The predicted molar refractivity (Wildman–Crippen MR) is 79.6 cm³/mol. The number of nitrogens with one attached hydrogen (secondary N) is 1. The average Bonchev–Trinajstić information content (AvgIpc) is 3.04. The van der Waals surface area contributed by atoms with Crippen LogP contribution in [0.1, 0.15) is 27.7 Å². The number of benzene rings is 1. The van der Waals surface area contributed by atoms with Crippen molar-refractivity contribution in [3.8, 4) is 11.1 Å². The average molecular weight is 294 g/mol. The largest absolute Gasteiger partial charge is 0.448 e. The molecule has 2 rings (SSSR count). The van der Waals surface area contributed by atoms with Crippen LogP contribution >= 0.6 is 0 Å². The number of amides is 2. The molecule has 0 spiro atoms. The molecule has 0 aromatic heterocycles. The van der Waals surface area contributed by atoms with Crippen LogP contribution in [-0.2, 0) is 9.57 Å². The van der Waals surface area contributed by atoms with Gasteiger partial charge in [-0.25, -0.2) is 9.59 Å². The van der Waals surface area contributed by atoms with Crippen molar-refractivity contribution in [2.75, 3.05) is 13.2 Å². The smallest absolute Gasteiger partial charge is 0.440 e. The van der Waals surface area contributed by atoms with E-state index >= 15 is 0 Å². The standard InChI is InChI=1S/C9H18N2O4.C6H4/c1-5-11(7(3)4)9(13)15-10-8(12)14-6-2;1-2-5-4-6(5)3-1/h7H,5-6H2,1-4H3,(H,10,12);1-4H. The minimum Gasteiger partial charge on any atom is -0.448 e. The third-order valence-corrected chi connectivity index (χ3v) is 2.81. The van der Waals surface area contributed by atoms with Crippen LogP contribution in [0.15, 0.2) is 24.3 Å². The molecule has 1 N–H and O–H groups in total. The number of hydroxylamine groups is 1. The summed E-state index contributed by atoms with van der Waals surface area (Å²) in [4.78, 5) is 28.2. The van der Waals surface area contributed by atoms with Crippen molar-refractivity contribution < 1.29 is 19.2 Å². The molecule has 0 saturated carbocycles. The van der Waals surface area contributed by atoms with Gasteiger partial charge in [-0.15, -0.1) is 5.48 Å². The monoisotopic (exact) mass is 294 g/mol. The summed E-state index contributed by atoms with van der Waals surface area (Å²) >= 11 is 0. The first-order valence-electron chi connectivity index (χ1n) is 7.00. The third kappa shape index (κ3) is 5.72. The minimum atomic E-state index is -0.773. The van der Waals surface area contributed by atoms with Gasteiger partial charge >= 0.3 is 12.2 Å². The molecule has 0 fully saturated rings. The van der Waals surface area contributed by atoms with E-state index in [1.54, 1.807) is 6.92 Å². The Balaban J connectivity index is 0.000000294. The lowest BCUT2D eigenvalue weighted by molar-refractivity contribution is 0.0389. The summed E-state index contributed by atoms with van der Waals surface area (Å²) in [6.45, 7) is 7.94. The van der Waals surface area contributed by atoms with Gasteiger partial charge in [0.2, 0.25) is 0 Å². The van der Waals surface area contributed by atoms with Crippen molar-refractivity contribution in [1.82, 2.24) is 10.4 Å². The van der Waals surface area contributed by atoms with E-state index in [0.29, 0.717) is 6.54 Å². The summed E-state index contributed by atoms with van der Waals surface area (Å²) in [6.07, 6.45) is -1.37. The van der Waals surface area contributed by atoms with Gasteiger partial charge in [0.15, 0.2) is 0 Å². The van der Waals surface area contributed by atoms with Gasteiger partial charge < -0.3 is 14.5 Å². The number of fused-ring (bicyclic) bond motifs is 1. The van der Waals surface area contributed by atoms with Crippen molar-refractivity contribution in [2.24, 2.45) is 0 Å². The summed E-state index contributed by atoms with van der Waals surface area (Å²) in [5.41, 5.74) is 4.75. The maximum atomic E-state index is 11.4. The summed E-state index contributed by atoms with van der Waals surface area (Å²) in [7, 11) is 0. The van der Waals surface area contributed by atoms with Crippen LogP contribution in [0.4, 0.5) is 9.59 Å². The first kappa shape index (κ1) is 16.8. The molecule has 2 aliphatic rings. The minimum absolute atomic E-state index is 0.0199. The van der Waals surface area contributed by atoms with Crippen LogP contribution in [0.3, 0.4) is 0 Å². The van der Waals surface area contributed by atoms with E-state index in [-0.39, 0.29) is 12.6 Å². The lowest BCUT2D eigenvalue weighted by Gasteiger charge is -2.23. The van der Waals surface area contributed by atoms with Gasteiger partial charge in [0.25, 0.3) is 0 Å². The number of ether oxygens (including phenoxy) is 1. The van der Waals surface area contributed by atoms with Crippen molar-refractivity contribution in [2.45, 2.75) is 33.7 Å². The second-order valence-corrected chi connectivity index (χ2v) is 4.65. The second kappa shape index (κ2) is 8.14. The highest BCUT2D eigenvalue weighted by atomic mass is 16.7. The van der Waals surface area contributed by atoms with Gasteiger partial charge in [0, 0.05) is 12.6 Å². The Labute approximate surface area is 125 Å². The molecule has 21 heavy (non-hydrogen) atoms. The van der Waals surface area contributed by atoms with E-state index in [9.17, 15) is 9.59 Å². The third-order valence-electron chi connectivity index (χ3n) is 2.81. The molecule has 2 amide bonds. The predicted octanol–water partition coefficient (Wildman–Crippen LogP) is 3.18. The normalized spacial score (nSPS) is 10.1. The number of rotatable bonds is 3. The van der Waals surface area contributed by atoms with Crippen LogP contribution < -0.4 is 5.48 Å². The molecular weight excluding hydrogens is 272 g/mol. The molecule has 0 atom stereocenters. The molecule has 0 aliphatic heterocycles. The Kier molecular flexibility index (Phi) is 6.52. The molecule has 0 saturated heterocycles. The Morgan fingerprint density at radius 2 is 1.86 bits per heavy atom. The summed E-state index contributed by atoms with van der Waals surface area (Å²) < 4.78 is 4.52. The fourth-order valence-corrected chi connectivity index (χ4v) is 1.69. The molecule has 2 aliphatic carbocycles. The van der Waals surface area contributed by atoms with Gasteiger partial charge in [-0.2, -0.15) is 0 Å². The van der Waals surface area contributed by atoms with Crippen LogP contribution in [0, 0.1) is 0 Å². The Morgan fingerprint density at radius 3 is 2.19 bits per heavy atom. The number of hydrogen-bond donors (Lipinski definition) is 1. The quantitative estimate of drug-likeness (QED) is 0.883. The summed E-state index contributed by atoms with van der Waals surface area (Å²) in [5, 5.41) is 0. The molecule has 0 bridgehead atoms. The highest BCUT2D eigenvalue weighted by Gasteiger charge is 2.17. The Bertz CT molecular complexity index is 471. The zero-order valence-corrected chi connectivity index (χ0v) is 12.9. The van der Waals surface area contributed by atoms with Crippen molar-refractivity contribution in [1.29, 1.82) is 0 Å². The van der Waals surface area contributed by atoms with Crippen molar-refractivity contribution in [3.63, 3.8) is 0 Å². The van der Waals surface area contributed by atoms with Gasteiger partial charge in [-0.3, -0.25) is 0 Å². The highest BCUT2D eigenvalue weighted by molar-refractivity contribution is 5.80. The maximum absolute atomic E-state index is 11.4. The molecule has 0 heterocycles. The Hall–Kier alpha value is -2.24. The van der Waals surface area contributed by atoms with E-state index in [0.717, 1.165) is 0 Å². The van der Waals surface area contributed by atoms with Gasteiger partial charge in [0.05, 0.1) is 6.61 Å². The molecular formula is C15H22N2O4. The second-order valence-electron chi connectivity index (χ2n) is 4.65. The SMILES string of the molecule is CCOC(=O)NOC(=O)N(CC)C(C)C.c1cc2cc-2c1. The molecule has 0 radical (unpaired) electrons. The first-order chi connectivity index (χ1) is 9.99. The van der Waals surface area contributed by atoms with E-state index in [4.69, 9.17) is 0 Å². The van der Waals surface area contributed by atoms with Crippen LogP contribution in [0.2, 0.25) is 0 Å². The lowest BCUT2D eigenvalue weighted by Crippen LogP contribution is -2.41. The van der Waals surface area contributed by atoms with E-state index < -0.39 is 12.2 Å². The zero-order valence-electron chi connectivity index (χ0n) is 12.9. The highest BCUT2D eigenvalue weighted by Crippen LogP contribution is 2.32. The van der Waals surface area contributed by atoms with E-state index in [2.05, 4.69) is 33.8 Å². The number of hydrogen-bond acceptors (Lipinski definition) is 4. The Morgan fingerprint density at radius 1 is 1.24 bits per heavy atom. The summed E-state index contributed by atoms with van der Waals surface area (Å²) in [6, 6.07) is 8.50. The fraction of sp³-hybridized carbons (Fsp3) is 0.467. The van der Waals surface area contributed by atoms with Crippen LogP contribution in [-0.4, -0.2) is 36.3 Å². The van der Waals surface area contributed by atoms with Gasteiger partial charge in [-0.1, -0.05) is 18.2 Å². The van der Waals surface area contributed by atoms with Crippen LogP contribution in [0.5, 0.6) is 0 Å². The van der Waals surface area contributed by atoms with E-state index in [1.165, 1.54) is 16.0 Å². The van der Waals surface area contributed by atoms with Gasteiger partial charge in [0.1, 0.15) is 0 Å². The van der Waals surface area contributed by atoms with Crippen molar-refractivity contribution in [3.05, 3.63) is 24.3 Å². The summed E-state index contributed by atoms with van der Waals surface area (Å²) in [5.74, 6) is 0. The fourth-order valence-electron chi connectivity index (χ4n) is 1.69. The molecule has 6 heteroatoms. The van der Waals surface area contributed by atoms with Crippen molar-refractivity contribution >= 4 is 12.2 Å². The number of nitrogens with zero attached hydrogens (tertiary/aromatic N) is 1. The van der Waals surface area contributed by atoms with E-state index in [1.807, 2.05) is 26.3 Å². The molecule has 6 nitrogen and oxygen atoms in total. The lowest BCUT2D eigenvalue weighted by atomic mass is 10.3. The number of carbonyl (C=O) groups is 2. The molecule has 0 unspecified atom stereocenters. The molecule has 0 aromatic rings.